The number of nitrogens with two attached hydrogens (primary N) is 1. The number of hydrogen-bond acceptors (Lipinski definition) is 4. The van der Waals surface area contributed by atoms with Crippen LogP contribution in [0.5, 0.6) is 0 Å². The number of rotatable bonds is 7. The highest BCUT2D eigenvalue weighted by Crippen LogP contribution is 2.12. The lowest BCUT2D eigenvalue weighted by atomic mass is 10.1. The lowest BCUT2D eigenvalue weighted by Crippen LogP contribution is -2.44. The minimum atomic E-state index is -1.13. The molecular formula is C13H18N2O4. The molecule has 0 radical (unpaired) electrons. The second-order valence-corrected chi connectivity index (χ2v) is 4.08. The van der Waals surface area contributed by atoms with Crippen molar-refractivity contribution in [1.29, 1.82) is 0 Å². The number of hydrogen-bond donors (Lipinski definition) is 3. The number of benzene rings is 1. The number of carbonyl (C=O) groups is 2. The van der Waals surface area contributed by atoms with Gasteiger partial charge in [0.2, 0.25) is 5.91 Å². The van der Waals surface area contributed by atoms with E-state index in [9.17, 15) is 9.59 Å². The van der Waals surface area contributed by atoms with Gasteiger partial charge in [-0.3, -0.25) is 4.79 Å². The molecule has 4 N–H and O–H groups in total. The van der Waals surface area contributed by atoms with E-state index < -0.39 is 24.0 Å². The quantitative estimate of drug-likeness (QED) is 0.658. The molecule has 0 heterocycles. The Labute approximate surface area is 111 Å². The van der Waals surface area contributed by atoms with Crippen molar-refractivity contribution in [3.05, 3.63) is 35.9 Å². The molecule has 1 unspecified atom stereocenters. The van der Waals surface area contributed by atoms with Gasteiger partial charge >= 0.3 is 5.97 Å². The number of carbonyl (C=O) groups excluding carboxylic acids is 1. The molecule has 104 valence electrons. The molecule has 0 spiro atoms. The summed E-state index contributed by atoms with van der Waals surface area (Å²) in [6.07, 6.45) is 0.337. The summed E-state index contributed by atoms with van der Waals surface area (Å²) in [5.41, 5.74) is 6.15. The average molecular weight is 266 g/mol. The lowest BCUT2D eigenvalue weighted by molar-refractivity contribution is -0.142. The van der Waals surface area contributed by atoms with Gasteiger partial charge in [0.25, 0.3) is 0 Å². The molecule has 2 atom stereocenters. The van der Waals surface area contributed by atoms with Crippen LogP contribution < -0.4 is 11.1 Å². The summed E-state index contributed by atoms with van der Waals surface area (Å²) in [7, 11) is 1.51. The molecule has 1 aromatic rings. The van der Waals surface area contributed by atoms with Crippen molar-refractivity contribution in [2.24, 2.45) is 5.73 Å². The molecule has 0 aliphatic rings. The smallest absolute Gasteiger partial charge is 0.330 e. The number of carboxylic acid groups (broad SMARTS) is 1. The standard InChI is InChI=1S/C13H18N2O4/c1-19-8-7-10(14)12(16)15-11(13(17)18)9-5-3-2-4-6-9/h2-6,10-11H,7-8,14H2,1H3,(H,15,16)(H,17,18)/t10?,11-/m1/s1. The summed E-state index contributed by atoms with van der Waals surface area (Å²) in [6.45, 7) is 0.345. The van der Waals surface area contributed by atoms with Crippen molar-refractivity contribution in [3.8, 4) is 0 Å². The number of methoxy groups -OCH3 is 1. The highest BCUT2D eigenvalue weighted by atomic mass is 16.5. The molecule has 6 heteroatoms. The molecular weight excluding hydrogens is 248 g/mol. The van der Waals surface area contributed by atoms with Crippen molar-refractivity contribution >= 4 is 11.9 Å². The maximum absolute atomic E-state index is 11.8. The minimum Gasteiger partial charge on any atom is -0.479 e. The molecule has 6 nitrogen and oxygen atoms in total. The first-order valence-corrected chi connectivity index (χ1v) is 5.89. The van der Waals surface area contributed by atoms with Crippen LogP contribution >= 0.6 is 0 Å². The van der Waals surface area contributed by atoms with E-state index in [2.05, 4.69) is 5.32 Å². The van der Waals surface area contributed by atoms with Gasteiger partial charge in [0, 0.05) is 13.7 Å². The summed E-state index contributed by atoms with van der Waals surface area (Å²) in [4.78, 5) is 23.0. The number of amides is 1. The molecule has 0 aromatic heterocycles. The number of ether oxygens (including phenoxy) is 1. The Morgan fingerprint density at radius 2 is 2.00 bits per heavy atom. The monoisotopic (exact) mass is 266 g/mol. The molecule has 1 rings (SSSR count). The normalized spacial score (nSPS) is 13.6. The summed E-state index contributed by atoms with van der Waals surface area (Å²) >= 11 is 0. The van der Waals surface area contributed by atoms with Gasteiger partial charge < -0.3 is 20.9 Å². The fraction of sp³-hybridized carbons (Fsp3) is 0.385. The van der Waals surface area contributed by atoms with Crippen LogP contribution in [0.4, 0.5) is 0 Å². The van der Waals surface area contributed by atoms with Gasteiger partial charge in [-0.15, -0.1) is 0 Å². The molecule has 0 aliphatic carbocycles. The predicted octanol–water partition coefficient (Wildman–Crippen LogP) is 0.292. The van der Waals surface area contributed by atoms with Gasteiger partial charge in [-0.25, -0.2) is 4.79 Å². The largest absolute Gasteiger partial charge is 0.479 e. The van der Waals surface area contributed by atoms with Crippen LogP contribution in [0, 0.1) is 0 Å². The summed E-state index contributed by atoms with van der Waals surface area (Å²) in [6, 6.07) is 6.59. The third-order valence-corrected chi connectivity index (χ3v) is 2.64. The van der Waals surface area contributed by atoms with E-state index in [1.54, 1.807) is 30.3 Å². The third kappa shape index (κ3) is 4.69. The zero-order chi connectivity index (χ0) is 14.3. The second-order valence-electron chi connectivity index (χ2n) is 4.08. The molecule has 0 aliphatic heterocycles. The second kappa shape index (κ2) is 7.50. The Morgan fingerprint density at radius 3 is 2.53 bits per heavy atom. The van der Waals surface area contributed by atoms with Crippen LogP contribution in [-0.4, -0.2) is 36.7 Å². The lowest BCUT2D eigenvalue weighted by Gasteiger charge is -2.18. The first kappa shape index (κ1) is 15.1. The van der Waals surface area contributed by atoms with E-state index in [4.69, 9.17) is 15.6 Å². The number of carboxylic acids is 1. The van der Waals surface area contributed by atoms with E-state index in [0.717, 1.165) is 0 Å². The third-order valence-electron chi connectivity index (χ3n) is 2.64. The average Bonchev–Trinajstić information content (AvgIpc) is 2.42. The van der Waals surface area contributed by atoms with Crippen molar-refractivity contribution in [2.45, 2.75) is 18.5 Å². The zero-order valence-electron chi connectivity index (χ0n) is 10.7. The van der Waals surface area contributed by atoms with Crippen molar-refractivity contribution < 1.29 is 19.4 Å². The maximum atomic E-state index is 11.8. The van der Waals surface area contributed by atoms with Gasteiger partial charge in [0.1, 0.15) is 0 Å². The van der Waals surface area contributed by atoms with Crippen LogP contribution in [0.15, 0.2) is 30.3 Å². The molecule has 0 saturated heterocycles. The van der Waals surface area contributed by atoms with Crippen LogP contribution in [0.1, 0.15) is 18.0 Å². The Bertz CT molecular complexity index is 422. The SMILES string of the molecule is COCCC(N)C(=O)N[C@@H](C(=O)O)c1ccccc1. The van der Waals surface area contributed by atoms with Gasteiger partial charge in [0.05, 0.1) is 6.04 Å². The number of aliphatic carboxylic acids is 1. The van der Waals surface area contributed by atoms with E-state index >= 15 is 0 Å². The molecule has 0 saturated carbocycles. The predicted molar refractivity (Wildman–Crippen MR) is 69.4 cm³/mol. The van der Waals surface area contributed by atoms with Crippen LogP contribution in [0.2, 0.25) is 0 Å². The van der Waals surface area contributed by atoms with E-state index in [-0.39, 0.29) is 0 Å². The van der Waals surface area contributed by atoms with E-state index in [0.29, 0.717) is 18.6 Å². The van der Waals surface area contributed by atoms with Crippen molar-refractivity contribution in [2.75, 3.05) is 13.7 Å². The van der Waals surface area contributed by atoms with Gasteiger partial charge in [-0.1, -0.05) is 30.3 Å². The first-order valence-electron chi connectivity index (χ1n) is 5.89. The van der Waals surface area contributed by atoms with Gasteiger partial charge in [-0.05, 0) is 12.0 Å². The van der Waals surface area contributed by atoms with Crippen LogP contribution in [0.25, 0.3) is 0 Å². The molecule has 1 amide bonds. The van der Waals surface area contributed by atoms with E-state index in [1.807, 2.05) is 0 Å². The van der Waals surface area contributed by atoms with Gasteiger partial charge in [-0.2, -0.15) is 0 Å². The number of nitrogens with one attached hydrogen (secondary N) is 1. The van der Waals surface area contributed by atoms with Crippen LogP contribution in [0.3, 0.4) is 0 Å². The minimum absolute atomic E-state index is 0.337. The Hall–Kier alpha value is -1.92. The molecule has 0 bridgehead atoms. The fourth-order valence-electron chi connectivity index (χ4n) is 1.56. The summed E-state index contributed by atoms with van der Waals surface area (Å²) in [5.74, 6) is -1.63. The maximum Gasteiger partial charge on any atom is 0.330 e. The Morgan fingerprint density at radius 1 is 1.37 bits per heavy atom. The highest BCUT2D eigenvalue weighted by Gasteiger charge is 2.24. The molecule has 0 fully saturated rings. The van der Waals surface area contributed by atoms with Gasteiger partial charge in [0.15, 0.2) is 6.04 Å². The Balaban J connectivity index is 2.70. The van der Waals surface area contributed by atoms with Crippen molar-refractivity contribution in [3.63, 3.8) is 0 Å². The van der Waals surface area contributed by atoms with E-state index in [1.165, 1.54) is 7.11 Å². The first-order chi connectivity index (χ1) is 9.06. The molecule has 19 heavy (non-hydrogen) atoms. The summed E-state index contributed by atoms with van der Waals surface area (Å²) < 4.78 is 4.82. The highest BCUT2D eigenvalue weighted by molar-refractivity contribution is 5.87. The Kier molecular flexibility index (Phi) is 5.98. The molecule has 1 aromatic carbocycles. The van der Waals surface area contributed by atoms with Crippen molar-refractivity contribution in [1.82, 2.24) is 5.32 Å². The fourth-order valence-corrected chi connectivity index (χ4v) is 1.56. The van der Waals surface area contributed by atoms with Crippen LogP contribution in [-0.2, 0) is 14.3 Å². The zero-order valence-corrected chi connectivity index (χ0v) is 10.7. The topological polar surface area (TPSA) is 102 Å². The summed E-state index contributed by atoms with van der Waals surface area (Å²) in [5, 5.41) is 11.6.